The molecule has 22 heavy (non-hydrogen) atoms. The summed E-state index contributed by atoms with van der Waals surface area (Å²) in [6.07, 6.45) is 0. The number of nitrogens with one attached hydrogen (secondary N) is 2. The van der Waals surface area contributed by atoms with E-state index in [-0.39, 0.29) is 18.3 Å². The van der Waals surface area contributed by atoms with Crippen LogP contribution in [0.15, 0.2) is 30.3 Å². The Morgan fingerprint density at radius 3 is 2.64 bits per heavy atom. The van der Waals surface area contributed by atoms with Gasteiger partial charge in [0, 0.05) is 24.3 Å². The van der Waals surface area contributed by atoms with Gasteiger partial charge in [-0.1, -0.05) is 12.1 Å². The van der Waals surface area contributed by atoms with Crippen molar-refractivity contribution in [3.63, 3.8) is 0 Å². The lowest BCUT2D eigenvalue weighted by Crippen LogP contribution is -2.30. The number of aryl methyl sites for hydroxylation is 2. The molecule has 1 amide bonds. The topological polar surface area (TPSA) is 58.9 Å². The number of hydrogen-bond donors (Lipinski definition) is 2. The number of likely N-dealkylation sites (N-methyl/N-ethyl adjacent to an activating group) is 1. The van der Waals surface area contributed by atoms with E-state index >= 15 is 0 Å². The molecule has 0 aliphatic carbocycles. The fraction of sp³-hybridized carbons (Fsp3) is 0.375. The van der Waals surface area contributed by atoms with Crippen molar-refractivity contribution in [3.8, 4) is 0 Å². The van der Waals surface area contributed by atoms with E-state index < -0.39 is 0 Å². The van der Waals surface area contributed by atoms with Crippen LogP contribution in [0.5, 0.6) is 0 Å². The first-order valence-corrected chi connectivity index (χ1v) is 7.13. The van der Waals surface area contributed by atoms with E-state index in [2.05, 4.69) is 15.7 Å². The van der Waals surface area contributed by atoms with Crippen LogP contribution in [0, 0.1) is 13.8 Å². The summed E-state index contributed by atoms with van der Waals surface area (Å²) in [4.78, 5) is 12.0. The van der Waals surface area contributed by atoms with E-state index in [1.165, 1.54) is 0 Å². The van der Waals surface area contributed by atoms with Gasteiger partial charge in [0.15, 0.2) is 0 Å². The van der Waals surface area contributed by atoms with Gasteiger partial charge in [-0.05, 0) is 44.7 Å². The van der Waals surface area contributed by atoms with Crippen molar-refractivity contribution in [2.75, 3.05) is 20.1 Å². The molecule has 0 unspecified atom stereocenters. The normalized spacial score (nSPS) is 10.1. The van der Waals surface area contributed by atoms with Crippen molar-refractivity contribution < 1.29 is 4.79 Å². The smallest absolute Gasteiger partial charge is 0.251 e. The Balaban J connectivity index is 0.00000242. The highest BCUT2D eigenvalue weighted by Gasteiger charge is 2.07. The first kappa shape index (κ1) is 18.2. The summed E-state index contributed by atoms with van der Waals surface area (Å²) in [5.41, 5.74) is 3.89. The molecule has 0 spiro atoms. The van der Waals surface area contributed by atoms with E-state index in [0.29, 0.717) is 18.7 Å². The van der Waals surface area contributed by atoms with Crippen molar-refractivity contribution in [1.82, 2.24) is 20.4 Å². The lowest BCUT2D eigenvalue weighted by molar-refractivity contribution is 0.0954. The summed E-state index contributed by atoms with van der Waals surface area (Å²) in [7, 11) is 1.86. The molecule has 0 fully saturated rings. The van der Waals surface area contributed by atoms with E-state index in [0.717, 1.165) is 23.5 Å². The third-order valence-corrected chi connectivity index (χ3v) is 3.29. The predicted molar refractivity (Wildman–Crippen MR) is 90.8 cm³/mol. The van der Waals surface area contributed by atoms with Crippen LogP contribution < -0.4 is 10.6 Å². The molecule has 2 N–H and O–H groups in total. The first-order chi connectivity index (χ1) is 10.1. The van der Waals surface area contributed by atoms with E-state index in [4.69, 9.17) is 0 Å². The molecule has 0 bridgehead atoms. The van der Waals surface area contributed by atoms with Crippen LogP contribution in [0.1, 0.15) is 27.3 Å². The average molecular weight is 323 g/mol. The van der Waals surface area contributed by atoms with Gasteiger partial charge in [0.1, 0.15) is 0 Å². The van der Waals surface area contributed by atoms with Gasteiger partial charge in [-0.2, -0.15) is 5.10 Å². The van der Waals surface area contributed by atoms with Crippen LogP contribution in [0.25, 0.3) is 0 Å². The highest BCUT2D eigenvalue weighted by molar-refractivity contribution is 5.94. The molecule has 2 aromatic rings. The zero-order chi connectivity index (χ0) is 15.2. The summed E-state index contributed by atoms with van der Waals surface area (Å²) < 4.78 is 1.95. The lowest BCUT2D eigenvalue weighted by Gasteiger charge is -2.08. The van der Waals surface area contributed by atoms with Gasteiger partial charge in [-0.15, -0.1) is 12.4 Å². The molecular formula is C16H23ClN4O. The van der Waals surface area contributed by atoms with Gasteiger partial charge in [0.05, 0.1) is 12.2 Å². The van der Waals surface area contributed by atoms with Gasteiger partial charge in [-0.3, -0.25) is 9.48 Å². The van der Waals surface area contributed by atoms with E-state index in [9.17, 15) is 4.79 Å². The second-order valence-corrected chi connectivity index (χ2v) is 5.14. The minimum absolute atomic E-state index is 0. The SMILES string of the molecule is CNCCNC(=O)c1cccc(Cn2nc(C)cc2C)c1.Cl. The third kappa shape index (κ3) is 4.86. The standard InChI is InChI=1S/C16H22N4O.ClH/c1-12-9-13(2)20(19-12)11-14-5-4-6-15(10-14)16(21)18-8-7-17-3;/h4-6,9-10,17H,7-8,11H2,1-3H3,(H,18,21);1H. The number of rotatable bonds is 6. The fourth-order valence-corrected chi connectivity index (χ4v) is 2.22. The summed E-state index contributed by atoms with van der Waals surface area (Å²) in [5.74, 6) is -0.0412. The zero-order valence-corrected chi connectivity index (χ0v) is 14.0. The highest BCUT2D eigenvalue weighted by atomic mass is 35.5. The molecular weight excluding hydrogens is 300 g/mol. The molecule has 2 rings (SSSR count). The molecule has 5 nitrogen and oxygen atoms in total. The average Bonchev–Trinajstić information content (AvgIpc) is 2.77. The van der Waals surface area contributed by atoms with Gasteiger partial charge < -0.3 is 10.6 Å². The molecule has 1 aromatic carbocycles. The molecule has 120 valence electrons. The largest absolute Gasteiger partial charge is 0.351 e. The number of hydrogen-bond acceptors (Lipinski definition) is 3. The number of carbonyl (C=O) groups is 1. The van der Waals surface area contributed by atoms with Gasteiger partial charge >= 0.3 is 0 Å². The van der Waals surface area contributed by atoms with Crippen molar-refractivity contribution >= 4 is 18.3 Å². The number of nitrogens with zero attached hydrogens (tertiary/aromatic N) is 2. The fourth-order valence-electron chi connectivity index (χ4n) is 2.22. The molecule has 6 heteroatoms. The predicted octanol–water partition coefficient (Wildman–Crippen LogP) is 1.92. The molecule has 0 aliphatic rings. The van der Waals surface area contributed by atoms with E-state index in [1.54, 1.807) is 0 Å². The van der Waals surface area contributed by atoms with Gasteiger partial charge in [-0.25, -0.2) is 0 Å². The number of halogens is 1. The van der Waals surface area contributed by atoms with Gasteiger partial charge in [0.2, 0.25) is 0 Å². The maximum atomic E-state index is 12.0. The van der Waals surface area contributed by atoms with Crippen LogP contribution in [0.2, 0.25) is 0 Å². The Bertz CT molecular complexity index is 624. The second kappa shape index (κ2) is 8.56. The van der Waals surface area contributed by atoms with E-state index in [1.807, 2.05) is 55.9 Å². The lowest BCUT2D eigenvalue weighted by atomic mass is 10.1. The number of carbonyl (C=O) groups excluding carboxylic acids is 1. The Kier molecular flexibility index (Phi) is 7.08. The Morgan fingerprint density at radius 2 is 2.00 bits per heavy atom. The summed E-state index contributed by atoms with van der Waals surface area (Å²) in [6.45, 7) is 6.08. The number of aromatic nitrogens is 2. The quantitative estimate of drug-likeness (QED) is 0.799. The Morgan fingerprint density at radius 1 is 1.23 bits per heavy atom. The molecule has 1 aromatic heterocycles. The maximum Gasteiger partial charge on any atom is 0.251 e. The number of benzene rings is 1. The van der Waals surface area contributed by atoms with Crippen LogP contribution in [-0.2, 0) is 6.54 Å². The monoisotopic (exact) mass is 322 g/mol. The van der Waals surface area contributed by atoms with Crippen molar-refractivity contribution in [3.05, 3.63) is 52.8 Å². The maximum absolute atomic E-state index is 12.0. The zero-order valence-electron chi connectivity index (χ0n) is 13.2. The molecule has 0 saturated heterocycles. The number of amides is 1. The minimum atomic E-state index is -0.0412. The third-order valence-electron chi connectivity index (χ3n) is 3.29. The second-order valence-electron chi connectivity index (χ2n) is 5.14. The molecule has 0 radical (unpaired) electrons. The van der Waals surface area contributed by atoms with Crippen molar-refractivity contribution in [2.24, 2.45) is 0 Å². The summed E-state index contributed by atoms with van der Waals surface area (Å²) in [6, 6.07) is 9.73. The van der Waals surface area contributed by atoms with Gasteiger partial charge in [0.25, 0.3) is 5.91 Å². The van der Waals surface area contributed by atoms with Crippen LogP contribution >= 0.6 is 12.4 Å². The van der Waals surface area contributed by atoms with Crippen LogP contribution in [-0.4, -0.2) is 35.8 Å². The minimum Gasteiger partial charge on any atom is -0.351 e. The molecule has 0 saturated carbocycles. The Labute approximate surface area is 137 Å². The van der Waals surface area contributed by atoms with Crippen LogP contribution in [0.4, 0.5) is 0 Å². The van der Waals surface area contributed by atoms with Crippen molar-refractivity contribution in [2.45, 2.75) is 20.4 Å². The van der Waals surface area contributed by atoms with Crippen molar-refractivity contribution in [1.29, 1.82) is 0 Å². The van der Waals surface area contributed by atoms with Crippen LogP contribution in [0.3, 0.4) is 0 Å². The Hall–Kier alpha value is -1.85. The summed E-state index contributed by atoms with van der Waals surface area (Å²) >= 11 is 0. The first-order valence-electron chi connectivity index (χ1n) is 7.13. The molecule has 0 atom stereocenters. The molecule has 0 aliphatic heterocycles. The summed E-state index contributed by atoms with van der Waals surface area (Å²) in [5, 5.41) is 10.3. The molecule has 1 heterocycles. The highest BCUT2D eigenvalue weighted by Crippen LogP contribution is 2.10.